The molecule has 1 atom stereocenters. The van der Waals surface area contributed by atoms with Gasteiger partial charge in [0, 0.05) is 18.0 Å². The van der Waals surface area contributed by atoms with E-state index in [0.717, 1.165) is 11.1 Å². The normalized spacial score (nSPS) is 12.1. The van der Waals surface area contributed by atoms with Crippen LogP contribution in [0.1, 0.15) is 31.0 Å². The van der Waals surface area contributed by atoms with E-state index in [2.05, 4.69) is 5.32 Å². The molecule has 1 amide bonds. The van der Waals surface area contributed by atoms with E-state index in [1.54, 1.807) is 0 Å². The van der Waals surface area contributed by atoms with Crippen molar-refractivity contribution in [1.29, 1.82) is 0 Å². The van der Waals surface area contributed by atoms with Crippen LogP contribution >= 0.6 is 12.4 Å². The summed E-state index contributed by atoms with van der Waals surface area (Å²) in [6.45, 7) is 4.37. The number of carbonyl (C=O) groups excluding carboxylic acids is 1. The van der Waals surface area contributed by atoms with E-state index in [-0.39, 0.29) is 24.4 Å². The highest BCUT2D eigenvalue weighted by molar-refractivity contribution is 5.85. The van der Waals surface area contributed by atoms with Crippen molar-refractivity contribution in [2.24, 2.45) is 11.1 Å². The number of rotatable bonds is 6. The summed E-state index contributed by atoms with van der Waals surface area (Å²) in [6.07, 6.45) is 0.709. The molecule has 0 aliphatic heterocycles. The minimum Gasteiger partial charge on any atom is -0.354 e. The Balaban J connectivity index is 0.00000264. The van der Waals surface area contributed by atoms with Crippen LogP contribution in [-0.2, 0) is 11.2 Å². The van der Waals surface area contributed by atoms with Gasteiger partial charge in [-0.15, -0.1) is 12.4 Å². The first-order valence-corrected chi connectivity index (χ1v) is 7.62. The van der Waals surface area contributed by atoms with Gasteiger partial charge < -0.3 is 11.1 Å². The van der Waals surface area contributed by atoms with Crippen molar-refractivity contribution >= 4 is 18.3 Å². The smallest absolute Gasteiger partial charge is 0.226 e. The third-order valence-electron chi connectivity index (χ3n) is 3.81. The highest BCUT2D eigenvalue weighted by Gasteiger charge is 2.28. The van der Waals surface area contributed by atoms with Crippen molar-refractivity contribution in [2.75, 3.05) is 6.54 Å². The summed E-state index contributed by atoms with van der Waals surface area (Å²) in [6, 6.07) is 19.7. The zero-order chi connectivity index (χ0) is 16.0. The van der Waals surface area contributed by atoms with Crippen LogP contribution in [0.5, 0.6) is 0 Å². The van der Waals surface area contributed by atoms with Gasteiger partial charge in [0.2, 0.25) is 5.91 Å². The molecule has 2 aromatic carbocycles. The predicted molar refractivity (Wildman–Crippen MR) is 97.6 cm³/mol. The fourth-order valence-electron chi connectivity index (χ4n) is 2.45. The molecule has 4 heteroatoms. The maximum Gasteiger partial charge on any atom is 0.226 e. The molecule has 2 rings (SSSR count). The lowest BCUT2D eigenvalue weighted by molar-refractivity contribution is -0.129. The molecule has 0 saturated carbocycles. The van der Waals surface area contributed by atoms with E-state index in [1.807, 2.05) is 74.5 Å². The standard InChI is InChI=1S/C19H24N2O.ClH/c1-19(2,13-15-9-5-3-6-10-15)18(22)21-14-17(20)16-11-7-4-8-12-16;/h3-12,17H,13-14,20H2,1-2H3,(H,21,22);1H. The highest BCUT2D eigenvalue weighted by Crippen LogP contribution is 2.22. The fourth-order valence-corrected chi connectivity index (χ4v) is 2.45. The van der Waals surface area contributed by atoms with E-state index in [4.69, 9.17) is 5.73 Å². The number of hydrogen-bond donors (Lipinski definition) is 2. The summed E-state index contributed by atoms with van der Waals surface area (Å²) in [5.74, 6) is 0.0303. The Morgan fingerprint density at radius 1 is 1.04 bits per heavy atom. The van der Waals surface area contributed by atoms with Gasteiger partial charge >= 0.3 is 0 Å². The molecular weight excluding hydrogens is 308 g/mol. The van der Waals surface area contributed by atoms with Crippen LogP contribution in [0.3, 0.4) is 0 Å². The maximum absolute atomic E-state index is 12.4. The van der Waals surface area contributed by atoms with Crippen molar-refractivity contribution in [1.82, 2.24) is 5.32 Å². The van der Waals surface area contributed by atoms with Crippen molar-refractivity contribution in [2.45, 2.75) is 26.3 Å². The van der Waals surface area contributed by atoms with Gasteiger partial charge in [-0.1, -0.05) is 74.5 Å². The van der Waals surface area contributed by atoms with Crippen molar-refractivity contribution in [3.63, 3.8) is 0 Å². The zero-order valence-corrected chi connectivity index (χ0v) is 14.5. The Hall–Kier alpha value is -1.84. The van der Waals surface area contributed by atoms with Crippen LogP contribution < -0.4 is 11.1 Å². The average molecular weight is 333 g/mol. The molecule has 1 unspecified atom stereocenters. The minimum absolute atomic E-state index is 0. The number of halogens is 1. The van der Waals surface area contributed by atoms with Crippen molar-refractivity contribution in [3.8, 4) is 0 Å². The number of hydrogen-bond acceptors (Lipinski definition) is 2. The van der Waals surface area contributed by atoms with E-state index in [1.165, 1.54) is 0 Å². The van der Waals surface area contributed by atoms with Crippen LogP contribution in [0, 0.1) is 5.41 Å². The molecule has 0 aliphatic rings. The second-order valence-electron chi connectivity index (χ2n) is 6.27. The lowest BCUT2D eigenvalue weighted by Crippen LogP contribution is -2.41. The Bertz CT molecular complexity index is 599. The van der Waals surface area contributed by atoms with E-state index < -0.39 is 5.41 Å². The van der Waals surface area contributed by atoms with Gasteiger partial charge in [-0.2, -0.15) is 0 Å². The summed E-state index contributed by atoms with van der Waals surface area (Å²) >= 11 is 0. The van der Waals surface area contributed by atoms with E-state index in [9.17, 15) is 4.79 Å². The lowest BCUT2D eigenvalue weighted by Gasteiger charge is -2.25. The summed E-state index contributed by atoms with van der Waals surface area (Å²) in [4.78, 5) is 12.4. The number of benzene rings is 2. The summed E-state index contributed by atoms with van der Waals surface area (Å²) in [7, 11) is 0. The number of nitrogens with one attached hydrogen (secondary N) is 1. The maximum atomic E-state index is 12.4. The largest absolute Gasteiger partial charge is 0.354 e. The van der Waals surface area contributed by atoms with Crippen molar-refractivity contribution in [3.05, 3.63) is 71.8 Å². The van der Waals surface area contributed by atoms with Crippen LogP contribution in [0.2, 0.25) is 0 Å². The molecule has 0 fully saturated rings. The lowest BCUT2D eigenvalue weighted by atomic mass is 9.84. The van der Waals surface area contributed by atoms with Crippen LogP contribution in [0.4, 0.5) is 0 Å². The molecule has 0 bridgehead atoms. The molecule has 0 radical (unpaired) electrons. The molecule has 0 aliphatic carbocycles. The Kier molecular flexibility index (Phi) is 7.27. The van der Waals surface area contributed by atoms with Gasteiger partial charge in [0.1, 0.15) is 0 Å². The molecule has 23 heavy (non-hydrogen) atoms. The Morgan fingerprint density at radius 3 is 2.13 bits per heavy atom. The summed E-state index contributed by atoms with van der Waals surface area (Å²) in [5, 5.41) is 2.98. The van der Waals surface area contributed by atoms with Gasteiger partial charge in [-0.3, -0.25) is 4.79 Å². The average Bonchev–Trinajstić information content (AvgIpc) is 2.53. The topological polar surface area (TPSA) is 55.1 Å². The Labute approximate surface area is 144 Å². The Morgan fingerprint density at radius 2 is 1.57 bits per heavy atom. The van der Waals surface area contributed by atoms with Gasteiger partial charge in [-0.25, -0.2) is 0 Å². The van der Waals surface area contributed by atoms with Crippen molar-refractivity contribution < 1.29 is 4.79 Å². The first-order valence-electron chi connectivity index (χ1n) is 7.62. The van der Waals surface area contributed by atoms with Crippen LogP contribution in [0.15, 0.2) is 60.7 Å². The second-order valence-corrected chi connectivity index (χ2v) is 6.27. The van der Waals surface area contributed by atoms with Gasteiger partial charge in [0.05, 0.1) is 0 Å². The fraction of sp³-hybridized carbons (Fsp3) is 0.316. The first-order chi connectivity index (χ1) is 10.5. The SMILES string of the molecule is CC(C)(Cc1ccccc1)C(=O)NCC(N)c1ccccc1.Cl. The molecule has 124 valence electrons. The van der Waals surface area contributed by atoms with Gasteiger partial charge in [-0.05, 0) is 17.5 Å². The number of carbonyl (C=O) groups is 1. The third-order valence-corrected chi connectivity index (χ3v) is 3.81. The number of amides is 1. The van der Waals surface area contributed by atoms with Gasteiger partial charge in [0.25, 0.3) is 0 Å². The van der Waals surface area contributed by atoms with Crippen LogP contribution in [0.25, 0.3) is 0 Å². The summed E-state index contributed by atoms with van der Waals surface area (Å²) < 4.78 is 0. The van der Waals surface area contributed by atoms with E-state index in [0.29, 0.717) is 13.0 Å². The minimum atomic E-state index is -0.461. The van der Waals surface area contributed by atoms with E-state index >= 15 is 0 Å². The molecule has 2 aromatic rings. The molecule has 0 heterocycles. The van der Waals surface area contributed by atoms with Crippen LogP contribution in [-0.4, -0.2) is 12.5 Å². The molecule has 3 nitrogen and oxygen atoms in total. The van der Waals surface area contributed by atoms with Gasteiger partial charge in [0.15, 0.2) is 0 Å². The summed E-state index contributed by atoms with van der Waals surface area (Å²) in [5.41, 5.74) is 7.86. The highest BCUT2D eigenvalue weighted by atomic mass is 35.5. The predicted octanol–water partition coefficient (Wildman–Crippen LogP) is 3.49. The third kappa shape index (κ3) is 5.70. The number of nitrogens with two attached hydrogens (primary N) is 1. The molecule has 3 N–H and O–H groups in total. The monoisotopic (exact) mass is 332 g/mol. The quantitative estimate of drug-likeness (QED) is 0.850. The molecule has 0 aromatic heterocycles. The first kappa shape index (κ1) is 19.2. The molecule has 0 saturated heterocycles. The molecular formula is C19H25ClN2O. The zero-order valence-electron chi connectivity index (χ0n) is 13.7. The second kappa shape index (κ2) is 8.70. The molecule has 0 spiro atoms.